The van der Waals surface area contributed by atoms with Crippen LogP contribution in [-0.2, 0) is 6.42 Å². The molecule has 0 bridgehead atoms. The van der Waals surface area contributed by atoms with Crippen LogP contribution in [0.15, 0.2) is 10.5 Å². The Labute approximate surface area is 98.7 Å². The van der Waals surface area contributed by atoms with Crippen LogP contribution < -0.4 is 15.2 Å². The van der Waals surface area contributed by atoms with Crippen LogP contribution in [-0.4, -0.2) is 20.8 Å². The van der Waals surface area contributed by atoms with Crippen molar-refractivity contribution >= 4 is 15.9 Å². The Bertz CT molecular complexity index is 353. The summed E-state index contributed by atoms with van der Waals surface area (Å²) in [4.78, 5) is 0. The molecule has 0 fully saturated rings. The first-order chi connectivity index (χ1) is 7.15. The van der Waals surface area contributed by atoms with E-state index in [0.29, 0.717) is 6.54 Å². The van der Waals surface area contributed by atoms with Crippen molar-refractivity contribution in [1.82, 2.24) is 0 Å². The van der Waals surface area contributed by atoms with Crippen molar-refractivity contribution < 1.29 is 9.47 Å². The summed E-state index contributed by atoms with van der Waals surface area (Å²) in [6, 6.07) is 1.91. The summed E-state index contributed by atoms with van der Waals surface area (Å²) >= 11 is 3.49. The van der Waals surface area contributed by atoms with Gasteiger partial charge in [0, 0.05) is 10.0 Å². The second kappa shape index (κ2) is 5.37. The first-order valence-electron chi connectivity index (χ1n) is 4.75. The summed E-state index contributed by atoms with van der Waals surface area (Å²) < 4.78 is 11.6. The van der Waals surface area contributed by atoms with Gasteiger partial charge in [0.1, 0.15) is 0 Å². The zero-order chi connectivity index (χ0) is 11.4. The van der Waals surface area contributed by atoms with Gasteiger partial charge in [-0.2, -0.15) is 0 Å². The molecule has 1 aromatic rings. The summed E-state index contributed by atoms with van der Waals surface area (Å²) in [5.74, 6) is 1.52. The molecular formula is C11H16BrNO2. The molecule has 0 aliphatic heterocycles. The molecule has 0 aliphatic carbocycles. The highest BCUT2D eigenvalue weighted by Crippen LogP contribution is 2.37. The van der Waals surface area contributed by atoms with Crippen molar-refractivity contribution in [1.29, 1.82) is 0 Å². The van der Waals surface area contributed by atoms with Gasteiger partial charge in [-0.3, -0.25) is 0 Å². The van der Waals surface area contributed by atoms with E-state index in [1.54, 1.807) is 14.2 Å². The molecule has 1 rings (SSSR count). The molecule has 0 amide bonds. The zero-order valence-electron chi connectivity index (χ0n) is 9.26. The zero-order valence-corrected chi connectivity index (χ0v) is 10.8. The number of benzene rings is 1. The topological polar surface area (TPSA) is 44.5 Å². The number of hydrogen-bond acceptors (Lipinski definition) is 3. The number of rotatable bonds is 4. The van der Waals surface area contributed by atoms with Gasteiger partial charge in [0.2, 0.25) is 0 Å². The third kappa shape index (κ3) is 2.44. The maximum atomic E-state index is 5.58. The van der Waals surface area contributed by atoms with Gasteiger partial charge in [0.25, 0.3) is 0 Å². The highest BCUT2D eigenvalue weighted by molar-refractivity contribution is 9.10. The molecule has 0 spiro atoms. The minimum absolute atomic E-state index is 0.594. The molecule has 3 nitrogen and oxygen atoms in total. The molecule has 0 aromatic heterocycles. The summed E-state index contributed by atoms with van der Waals surface area (Å²) in [6.45, 7) is 2.63. The van der Waals surface area contributed by atoms with E-state index >= 15 is 0 Å². The van der Waals surface area contributed by atoms with Gasteiger partial charge >= 0.3 is 0 Å². The van der Waals surface area contributed by atoms with E-state index in [0.717, 1.165) is 33.5 Å². The third-order valence-electron chi connectivity index (χ3n) is 2.38. The second-order valence-corrected chi connectivity index (χ2v) is 4.09. The van der Waals surface area contributed by atoms with E-state index in [9.17, 15) is 0 Å². The highest BCUT2D eigenvalue weighted by atomic mass is 79.9. The molecule has 84 valence electrons. The lowest BCUT2D eigenvalue weighted by Gasteiger charge is -2.16. The van der Waals surface area contributed by atoms with Gasteiger partial charge < -0.3 is 15.2 Å². The predicted molar refractivity (Wildman–Crippen MR) is 64.7 cm³/mol. The number of hydrogen-bond donors (Lipinski definition) is 1. The van der Waals surface area contributed by atoms with Crippen LogP contribution in [0, 0.1) is 6.92 Å². The van der Waals surface area contributed by atoms with E-state index in [-0.39, 0.29) is 0 Å². The summed E-state index contributed by atoms with van der Waals surface area (Å²) in [6.07, 6.45) is 0.783. The van der Waals surface area contributed by atoms with Crippen molar-refractivity contribution in [2.45, 2.75) is 13.3 Å². The molecule has 0 radical (unpaired) electrons. The number of methoxy groups -OCH3 is 2. The van der Waals surface area contributed by atoms with Crippen LogP contribution in [0.25, 0.3) is 0 Å². The van der Waals surface area contributed by atoms with Crippen molar-refractivity contribution in [2.24, 2.45) is 5.73 Å². The molecule has 0 saturated heterocycles. The molecule has 4 heteroatoms. The Morgan fingerprint density at radius 3 is 2.47 bits per heavy atom. The number of nitrogens with two attached hydrogens (primary N) is 1. The van der Waals surface area contributed by atoms with Crippen molar-refractivity contribution in [3.8, 4) is 11.5 Å². The van der Waals surface area contributed by atoms with Gasteiger partial charge in [-0.15, -0.1) is 0 Å². The molecule has 0 aliphatic rings. The fraction of sp³-hybridized carbons (Fsp3) is 0.455. The maximum Gasteiger partial charge on any atom is 0.164 e. The first kappa shape index (κ1) is 12.3. The number of halogens is 1. The molecule has 2 N–H and O–H groups in total. The SMILES string of the molecule is COc1cc(Br)c(C)c(CCN)c1OC. The van der Waals surface area contributed by atoms with Gasteiger partial charge in [-0.25, -0.2) is 0 Å². The van der Waals surface area contributed by atoms with E-state index in [1.165, 1.54) is 0 Å². The fourth-order valence-electron chi connectivity index (χ4n) is 1.57. The Morgan fingerprint density at radius 2 is 2.00 bits per heavy atom. The van der Waals surface area contributed by atoms with Crippen molar-refractivity contribution in [2.75, 3.05) is 20.8 Å². The minimum atomic E-state index is 0.594. The normalized spacial score (nSPS) is 10.2. The second-order valence-electron chi connectivity index (χ2n) is 3.24. The summed E-state index contributed by atoms with van der Waals surface area (Å²) in [7, 11) is 3.27. The summed E-state index contributed by atoms with van der Waals surface area (Å²) in [5.41, 5.74) is 7.84. The first-order valence-corrected chi connectivity index (χ1v) is 5.55. The standard InChI is InChI=1S/C11H16BrNO2/c1-7-8(4-5-13)11(15-3)10(14-2)6-9(7)12/h6H,4-5,13H2,1-3H3. The Hall–Kier alpha value is -0.740. The quantitative estimate of drug-likeness (QED) is 0.916. The van der Waals surface area contributed by atoms with Gasteiger partial charge in [0.15, 0.2) is 11.5 Å². The smallest absolute Gasteiger partial charge is 0.164 e. The van der Waals surface area contributed by atoms with Crippen molar-refractivity contribution in [3.05, 3.63) is 21.7 Å². The lowest BCUT2D eigenvalue weighted by atomic mass is 10.0. The Balaban J connectivity index is 3.35. The lowest BCUT2D eigenvalue weighted by molar-refractivity contribution is 0.351. The fourth-order valence-corrected chi connectivity index (χ4v) is 2.02. The van der Waals surface area contributed by atoms with Crippen LogP contribution in [0.2, 0.25) is 0 Å². The number of ether oxygens (including phenoxy) is 2. The van der Waals surface area contributed by atoms with Gasteiger partial charge in [0.05, 0.1) is 14.2 Å². The largest absolute Gasteiger partial charge is 0.493 e. The lowest BCUT2D eigenvalue weighted by Crippen LogP contribution is -2.07. The van der Waals surface area contributed by atoms with E-state index < -0.39 is 0 Å². The van der Waals surface area contributed by atoms with Crippen LogP contribution in [0.5, 0.6) is 11.5 Å². The molecule has 1 aromatic carbocycles. The molecule has 0 unspecified atom stereocenters. The highest BCUT2D eigenvalue weighted by Gasteiger charge is 2.14. The average molecular weight is 274 g/mol. The maximum absolute atomic E-state index is 5.58. The molecule has 0 saturated carbocycles. The molecular weight excluding hydrogens is 258 g/mol. The predicted octanol–water partition coefficient (Wildman–Crippen LogP) is 2.28. The van der Waals surface area contributed by atoms with Gasteiger partial charge in [-0.1, -0.05) is 15.9 Å². The summed E-state index contributed by atoms with van der Waals surface area (Å²) in [5, 5.41) is 0. The Kier molecular flexibility index (Phi) is 4.42. The van der Waals surface area contributed by atoms with Crippen LogP contribution in [0.4, 0.5) is 0 Å². The monoisotopic (exact) mass is 273 g/mol. The van der Waals surface area contributed by atoms with Crippen molar-refractivity contribution in [3.63, 3.8) is 0 Å². The molecule has 0 heterocycles. The van der Waals surface area contributed by atoms with E-state index in [4.69, 9.17) is 15.2 Å². The Morgan fingerprint density at radius 1 is 1.33 bits per heavy atom. The molecule has 15 heavy (non-hydrogen) atoms. The van der Waals surface area contributed by atoms with E-state index in [2.05, 4.69) is 15.9 Å². The van der Waals surface area contributed by atoms with Gasteiger partial charge in [-0.05, 0) is 31.5 Å². The minimum Gasteiger partial charge on any atom is -0.493 e. The van der Waals surface area contributed by atoms with Crippen LogP contribution >= 0.6 is 15.9 Å². The molecule has 0 atom stereocenters. The van der Waals surface area contributed by atoms with Crippen LogP contribution in [0.3, 0.4) is 0 Å². The van der Waals surface area contributed by atoms with E-state index in [1.807, 2.05) is 13.0 Å². The third-order valence-corrected chi connectivity index (χ3v) is 3.21. The van der Waals surface area contributed by atoms with Crippen LogP contribution in [0.1, 0.15) is 11.1 Å². The average Bonchev–Trinajstić information content (AvgIpc) is 2.24.